The van der Waals surface area contributed by atoms with Crippen molar-refractivity contribution in [2.24, 2.45) is 0 Å². The Hall–Kier alpha value is -2.16. The van der Waals surface area contributed by atoms with E-state index in [-0.39, 0.29) is 5.82 Å². The molecule has 0 aliphatic carbocycles. The lowest BCUT2D eigenvalue weighted by Gasteiger charge is -2.17. The number of amides is 1. The van der Waals surface area contributed by atoms with E-state index in [1.165, 1.54) is 29.7 Å². The molecule has 8 heteroatoms. The van der Waals surface area contributed by atoms with Gasteiger partial charge >= 0.3 is 0 Å². The highest BCUT2D eigenvalue weighted by molar-refractivity contribution is 9.11. The van der Waals surface area contributed by atoms with Crippen molar-refractivity contribution in [3.63, 3.8) is 0 Å². The molecule has 2 N–H and O–H groups in total. The number of rotatable bonds is 4. The molecule has 1 amide bonds. The highest BCUT2D eigenvalue weighted by Crippen LogP contribution is 2.40. The van der Waals surface area contributed by atoms with Gasteiger partial charge in [0.25, 0.3) is 5.91 Å². The fraction of sp³-hybridized carbons (Fsp3) is 0.158. The van der Waals surface area contributed by atoms with E-state index >= 15 is 0 Å². The molecule has 2 heterocycles. The summed E-state index contributed by atoms with van der Waals surface area (Å²) >= 11 is 4.84. The molecule has 2 aromatic heterocycles. The number of hydrogen-bond donors (Lipinski definition) is 2. The van der Waals surface area contributed by atoms with Crippen LogP contribution in [-0.2, 0) is 5.60 Å². The van der Waals surface area contributed by atoms with Gasteiger partial charge in [-0.2, -0.15) is 0 Å². The van der Waals surface area contributed by atoms with Crippen LogP contribution < -0.4 is 5.32 Å². The molecule has 0 spiro atoms. The van der Waals surface area contributed by atoms with E-state index in [4.69, 9.17) is 0 Å². The number of pyridine rings is 1. The Balaban J connectivity index is 1.86. The lowest BCUT2D eigenvalue weighted by atomic mass is 9.99. The average molecular weight is 453 g/mol. The Morgan fingerprint density at radius 3 is 2.44 bits per heavy atom. The third-order valence-electron chi connectivity index (χ3n) is 3.76. The number of aromatic nitrogens is 1. The van der Waals surface area contributed by atoms with Gasteiger partial charge in [-0.25, -0.2) is 13.8 Å². The molecular formula is C19H15BrF2N2O2S. The molecule has 4 nitrogen and oxygen atoms in total. The van der Waals surface area contributed by atoms with Crippen LogP contribution in [0.5, 0.6) is 0 Å². The summed E-state index contributed by atoms with van der Waals surface area (Å²) < 4.78 is 28.3. The number of nitrogens with zero attached hydrogens (tertiary/aromatic N) is 1. The molecule has 140 valence electrons. The number of carbonyl (C=O) groups is 1. The summed E-state index contributed by atoms with van der Waals surface area (Å²) in [5.41, 5.74) is -0.134. The van der Waals surface area contributed by atoms with E-state index in [1.54, 1.807) is 19.9 Å². The highest BCUT2D eigenvalue weighted by Gasteiger charge is 2.24. The van der Waals surface area contributed by atoms with Crippen LogP contribution in [0.3, 0.4) is 0 Å². The zero-order valence-corrected chi connectivity index (χ0v) is 16.8. The molecular weight excluding hydrogens is 438 g/mol. The molecule has 0 atom stereocenters. The lowest BCUT2D eigenvalue weighted by Crippen LogP contribution is -2.16. The summed E-state index contributed by atoms with van der Waals surface area (Å²) in [7, 11) is 0. The van der Waals surface area contributed by atoms with Gasteiger partial charge in [-0.15, -0.1) is 11.3 Å². The van der Waals surface area contributed by atoms with Gasteiger partial charge in [0, 0.05) is 22.2 Å². The van der Waals surface area contributed by atoms with Gasteiger partial charge < -0.3 is 10.4 Å². The van der Waals surface area contributed by atoms with E-state index in [1.807, 2.05) is 6.07 Å². The van der Waals surface area contributed by atoms with E-state index in [0.29, 0.717) is 0 Å². The van der Waals surface area contributed by atoms with Crippen molar-refractivity contribution in [2.45, 2.75) is 19.4 Å². The summed E-state index contributed by atoms with van der Waals surface area (Å²) in [6, 6.07) is 8.34. The summed E-state index contributed by atoms with van der Waals surface area (Å²) in [5.74, 6) is -2.64. The highest BCUT2D eigenvalue weighted by atomic mass is 79.9. The Labute approximate surface area is 167 Å². The molecule has 0 unspecified atom stereocenters. The SMILES string of the molecule is CC(C)(O)c1sc(Br)cc1-c1ccc(NC(=O)c2c(F)cccc2F)nc1. The van der Waals surface area contributed by atoms with E-state index < -0.39 is 28.7 Å². The molecule has 0 saturated carbocycles. The Morgan fingerprint density at radius 1 is 1.22 bits per heavy atom. The second-order valence-corrected chi connectivity index (χ2v) is 8.77. The summed E-state index contributed by atoms with van der Waals surface area (Å²) in [5, 5.41) is 12.7. The standard InChI is InChI=1S/C19H15BrF2N2O2S/c1-19(2,26)17-11(8-14(20)27-17)10-6-7-15(23-9-10)24-18(25)16-12(21)4-3-5-13(16)22/h3-9,26H,1-2H3,(H,23,24,25). The van der Waals surface area contributed by atoms with Crippen LogP contribution in [0, 0.1) is 11.6 Å². The molecule has 1 aromatic carbocycles. The van der Waals surface area contributed by atoms with Crippen LogP contribution in [0.25, 0.3) is 11.1 Å². The smallest absolute Gasteiger partial charge is 0.262 e. The van der Waals surface area contributed by atoms with Crippen LogP contribution >= 0.6 is 27.3 Å². The van der Waals surface area contributed by atoms with Gasteiger partial charge in [0.05, 0.1) is 9.39 Å². The number of carbonyl (C=O) groups excluding carboxylic acids is 1. The number of benzene rings is 1. The van der Waals surface area contributed by atoms with Crippen molar-refractivity contribution in [1.82, 2.24) is 4.98 Å². The Bertz CT molecular complexity index is 978. The summed E-state index contributed by atoms with van der Waals surface area (Å²) in [4.78, 5) is 17.0. The van der Waals surface area contributed by atoms with Crippen molar-refractivity contribution in [2.75, 3.05) is 5.32 Å². The maximum Gasteiger partial charge on any atom is 0.262 e. The second-order valence-electron chi connectivity index (χ2n) is 6.34. The first-order valence-electron chi connectivity index (χ1n) is 7.91. The molecule has 27 heavy (non-hydrogen) atoms. The second kappa shape index (κ2) is 7.46. The first-order chi connectivity index (χ1) is 12.7. The van der Waals surface area contributed by atoms with Crippen molar-refractivity contribution in [3.8, 4) is 11.1 Å². The van der Waals surface area contributed by atoms with Gasteiger partial charge in [-0.1, -0.05) is 6.07 Å². The Morgan fingerprint density at radius 2 is 1.89 bits per heavy atom. The number of anilines is 1. The molecule has 0 aliphatic heterocycles. The van der Waals surface area contributed by atoms with Crippen molar-refractivity contribution in [3.05, 3.63) is 68.5 Å². The van der Waals surface area contributed by atoms with Crippen molar-refractivity contribution >= 4 is 39.0 Å². The number of thiophene rings is 1. The largest absolute Gasteiger partial charge is 0.385 e. The maximum atomic E-state index is 13.7. The fourth-order valence-electron chi connectivity index (χ4n) is 2.55. The topological polar surface area (TPSA) is 62.2 Å². The van der Waals surface area contributed by atoms with Crippen LogP contribution in [0.15, 0.2) is 46.4 Å². The maximum absolute atomic E-state index is 13.7. The quantitative estimate of drug-likeness (QED) is 0.562. The normalized spacial score (nSPS) is 11.5. The van der Waals surface area contributed by atoms with E-state index in [2.05, 4.69) is 26.2 Å². The van der Waals surface area contributed by atoms with Gasteiger partial charge in [-0.05, 0) is 60.1 Å². The number of nitrogens with one attached hydrogen (secondary N) is 1. The first kappa shape index (κ1) is 19.6. The van der Waals surface area contributed by atoms with E-state index in [0.717, 1.165) is 31.9 Å². The van der Waals surface area contributed by atoms with Gasteiger partial charge in [-0.3, -0.25) is 4.79 Å². The van der Waals surface area contributed by atoms with Crippen molar-refractivity contribution in [1.29, 1.82) is 0 Å². The minimum Gasteiger partial charge on any atom is -0.385 e. The van der Waals surface area contributed by atoms with Crippen molar-refractivity contribution < 1.29 is 18.7 Å². The third-order valence-corrected chi connectivity index (χ3v) is 5.71. The minimum atomic E-state index is -1.03. The van der Waals surface area contributed by atoms with Gasteiger partial charge in [0.2, 0.25) is 0 Å². The number of hydrogen-bond acceptors (Lipinski definition) is 4. The molecule has 0 aliphatic rings. The lowest BCUT2D eigenvalue weighted by molar-refractivity contribution is 0.0831. The molecule has 0 bridgehead atoms. The molecule has 0 fully saturated rings. The predicted octanol–water partition coefficient (Wildman–Crippen LogP) is 5.33. The zero-order valence-electron chi connectivity index (χ0n) is 14.4. The van der Waals surface area contributed by atoms with Crippen LogP contribution in [-0.4, -0.2) is 16.0 Å². The third kappa shape index (κ3) is 4.23. The monoisotopic (exact) mass is 452 g/mol. The van der Waals surface area contributed by atoms with Crippen LogP contribution in [0.2, 0.25) is 0 Å². The zero-order chi connectivity index (χ0) is 19.8. The van der Waals surface area contributed by atoms with Gasteiger partial charge in [0.15, 0.2) is 0 Å². The fourth-order valence-corrected chi connectivity index (χ4v) is 4.17. The minimum absolute atomic E-state index is 0.158. The number of aliphatic hydroxyl groups is 1. The summed E-state index contributed by atoms with van der Waals surface area (Å²) in [6.45, 7) is 3.39. The molecule has 3 aromatic rings. The van der Waals surface area contributed by atoms with E-state index in [9.17, 15) is 18.7 Å². The van der Waals surface area contributed by atoms with Crippen LogP contribution in [0.4, 0.5) is 14.6 Å². The molecule has 0 radical (unpaired) electrons. The van der Waals surface area contributed by atoms with Gasteiger partial charge in [0.1, 0.15) is 23.0 Å². The number of halogens is 3. The first-order valence-corrected chi connectivity index (χ1v) is 9.51. The predicted molar refractivity (Wildman–Crippen MR) is 105 cm³/mol. The molecule has 3 rings (SSSR count). The van der Waals surface area contributed by atoms with Crippen LogP contribution in [0.1, 0.15) is 29.1 Å². The summed E-state index contributed by atoms with van der Waals surface area (Å²) in [6.07, 6.45) is 1.52. The molecule has 0 saturated heterocycles. The Kier molecular flexibility index (Phi) is 5.41. The average Bonchev–Trinajstić information content (AvgIpc) is 2.97.